The molecule has 2 saturated carbocycles. The molecule has 0 saturated heterocycles. The topological polar surface area (TPSA) is 93.1 Å². The highest BCUT2D eigenvalue weighted by molar-refractivity contribution is 5.69. The van der Waals surface area contributed by atoms with Gasteiger partial charge < -0.3 is 19.7 Å². The molecule has 3 rings (SSSR count). The van der Waals surface area contributed by atoms with Crippen molar-refractivity contribution in [2.75, 3.05) is 0 Å². The molecule has 0 heterocycles. The van der Waals surface area contributed by atoms with Crippen molar-refractivity contribution in [1.29, 1.82) is 0 Å². The van der Waals surface area contributed by atoms with Crippen LogP contribution in [0, 0.1) is 22.7 Å². The van der Waals surface area contributed by atoms with Gasteiger partial charge in [-0.15, -0.1) is 0 Å². The molecule has 3 aliphatic carbocycles. The number of aliphatic hydroxyl groups is 2. The van der Waals surface area contributed by atoms with Gasteiger partial charge in [0.15, 0.2) is 0 Å². The Labute approximate surface area is 185 Å². The molecule has 2 N–H and O–H groups in total. The Morgan fingerprint density at radius 1 is 1.16 bits per heavy atom. The minimum absolute atomic E-state index is 0.257. The van der Waals surface area contributed by atoms with Crippen LogP contribution in [-0.4, -0.2) is 46.6 Å². The molecule has 6 nitrogen and oxygen atoms in total. The van der Waals surface area contributed by atoms with Crippen LogP contribution in [-0.2, 0) is 19.1 Å². The van der Waals surface area contributed by atoms with Crippen molar-refractivity contribution in [3.05, 3.63) is 23.3 Å². The second-order valence-electron chi connectivity index (χ2n) is 10.6. The molecule has 2 bridgehead atoms. The molecule has 2 fully saturated rings. The normalized spacial score (nSPS) is 39.8. The van der Waals surface area contributed by atoms with Crippen molar-refractivity contribution in [2.45, 2.75) is 98.1 Å². The van der Waals surface area contributed by atoms with Crippen LogP contribution >= 0.6 is 0 Å². The summed E-state index contributed by atoms with van der Waals surface area (Å²) in [6, 6.07) is 0. The molecule has 0 unspecified atom stereocenters. The van der Waals surface area contributed by atoms with Gasteiger partial charge in [-0.1, -0.05) is 39.8 Å². The summed E-state index contributed by atoms with van der Waals surface area (Å²) in [7, 11) is 0. The van der Waals surface area contributed by atoms with E-state index in [2.05, 4.69) is 13.5 Å². The van der Waals surface area contributed by atoms with Crippen molar-refractivity contribution in [3.63, 3.8) is 0 Å². The van der Waals surface area contributed by atoms with E-state index >= 15 is 0 Å². The molecule has 174 valence electrons. The van der Waals surface area contributed by atoms with Crippen LogP contribution in [0.5, 0.6) is 0 Å². The van der Waals surface area contributed by atoms with E-state index < -0.39 is 41.2 Å². The molecular formula is C25H38O6. The van der Waals surface area contributed by atoms with Crippen LogP contribution < -0.4 is 0 Å². The van der Waals surface area contributed by atoms with Gasteiger partial charge in [0.2, 0.25) is 0 Å². The summed E-state index contributed by atoms with van der Waals surface area (Å²) in [5, 5.41) is 22.1. The van der Waals surface area contributed by atoms with E-state index in [1.165, 1.54) is 6.92 Å². The number of esters is 2. The Kier molecular flexibility index (Phi) is 6.47. The summed E-state index contributed by atoms with van der Waals surface area (Å²) in [5.74, 6) is -1.43. The summed E-state index contributed by atoms with van der Waals surface area (Å²) >= 11 is 0. The summed E-state index contributed by atoms with van der Waals surface area (Å²) < 4.78 is 11.9. The lowest BCUT2D eigenvalue weighted by Crippen LogP contribution is -2.60. The molecule has 7 atom stereocenters. The maximum Gasteiger partial charge on any atom is 0.305 e. The lowest BCUT2D eigenvalue weighted by molar-refractivity contribution is -0.182. The van der Waals surface area contributed by atoms with Gasteiger partial charge in [0.25, 0.3) is 0 Å². The van der Waals surface area contributed by atoms with E-state index in [4.69, 9.17) is 9.47 Å². The van der Waals surface area contributed by atoms with Crippen molar-refractivity contribution < 1.29 is 29.3 Å². The van der Waals surface area contributed by atoms with E-state index in [0.29, 0.717) is 31.3 Å². The third-order valence-corrected chi connectivity index (χ3v) is 8.01. The van der Waals surface area contributed by atoms with Gasteiger partial charge in [0, 0.05) is 31.6 Å². The first-order valence-electron chi connectivity index (χ1n) is 11.4. The number of rotatable bonds is 3. The molecule has 0 aromatic rings. The average molecular weight is 435 g/mol. The van der Waals surface area contributed by atoms with Crippen molar-refractivity contribution >= 4 is 11.9 Å². The molecule has 31 heavy (non-hydrogen) atoms. The Balaban J connectivity index is 2.24. The Morgan fingerprint density at radius 2 is 1.81 bits per heavy atom. The number of carbonyl (C=O) groups excluding carboxylic acids is 2. The fraction of sp³-hybridized carbons (Fsp3) is 0.760. The predicted molar refractivity (Wildman–Crippen MR) is 117 cm³/mol. The number of fused-ring (bicyclic) bond motifs is 3. The van der Waals surface area contributed by atoms with Crippen LogP contribution in [0.1, 0.15) is 73.6 Å². The van der Waals surface area contributed by atoms with Crippen LogP contribution in [0.2, 0.25) is 0 Å². The molecule has 6 heteroatoms. The zero-order chi connectivity index (χ0) is 23.3. The minimum Gasteiger partial charge on any atom is -0.462 e. The van der Waals surface area contributed by atoms with Crippen LogP contribution in [0.25, 0.3) is 0 Å². The van der Waals surface area contributed by atoms with Crippen LogP contribution in [0.4, 0.5) is 0 Å². The highest BCUT2D eigenvalue weighted by atomic mass is 16.6. The maximum atomic E-state index is 12.3. The van der Waals surface area contributed by atoms with Gasteiger partial charge in [0.1, 0.15) is 12.2 Å². The largest absolute Gasteiger partial charge is 0.462 e. The Bertz CT molecular complexity index is 796. The third-order valence-electron chi connectivity index (χ3n) is 8.01. The molecule has 0 aromatic heterocycles. The summed E-state index contributed by atoms with van der Waals surface area (Å²) in [4.78, 5) is 24.6. The van der Waals surface area contributed by atoms with E-state index in [1.54, 1.807) is 6.92 Å². The molecule has 3 aliphatic rings. The molecule has 0 spiro atoms. The quantitative estimate of drug-likeness (QED) is 0.520. The average Bonchev–Trinajstić information content (AvgIpc) is 2.62. The van der Waals surface area contributed by atoms with Gasteiger partial charge in [0.05, 0.1) is 12.2 Å². The SMILES string of the molecule is C=C1[C@@H](O)CC[C@@]2(C)C[C@H](O)C3=C(C)C[C@H](OC(=O)CC)[C@@H]([C@@H](OC(C)=O)[C@H]12)C3(C)C. The van der Waals surface area contributed by atoms with Gasteiger partial charge in [-0.25, -0.2) is 0 Å². The first kappa shape index (κ1) is 24.0. The number of hydrogen-bond donors (Lipinski definition) is 2. The number of carbonyl (C=O) groups is 2. The second-order valence-corrected chi connectivity index (χ2v) is 10.6. The van der Waals surface area contributed by atoms with Gasteiger partial charge in [-0.3, -0.25) is 9.59 Å². The maximum absolute atomic E-state index is 12.3. The standard InChI is InChI=1S/C25H38O6/c1-8-19(29)31-18-11-13(2)20-17(28)12-25(7)10-9-16(27)14(3)21(25)23(30-15(4)26)22(18)24(20,5)6/h16-18,21-23,27-28H,3,8-12H2,1-2,4-7H3/t16-,17-,18-,21-,22-,23-,25-/m0/s1. The van der Waals surface area contributed by atoms with E-state index in [0.717, 1.165) is 11.1 Å². The van der Waals surface area contributed by atoms with E-state index in [1.807, 2.05) is 20.8 Å². The van der Waals surface area contributed by atoms with Crippen LogP contribution in [0.15, 0.2) is 23.3 Å². The second kappa shape index (κ2) is 8.36. The summed E-state index contributed by atoms with van der Waals surface area (Å²) in [6.07, 6.45) is 0.0413. The number of hydrogen-bond acceptors (Lipinski definition) is 6. The smallest absolute Gasteiger partial charge is 0.305 e. The number of aliphatic hydroxyl groups excluding tert-OH is 2. The molecular weight excluding hydrogens is 396 g/mol. The van der Waals surface area contributed by atoms with Crippen molar-refractivity contribution in [1.82, 2.24) is 0 Å². The molecule has 0 radical (unpaired) electrons. The van der Waals surface area contributed by atoms with Gasteiger partial charge in [-0.05, 0) is 48.2 Å². The zero-order valence-corrected chi connectivity index (χ0v) is 19.7. The van der Waals surface area contributed by atoms with Crippen LogP contribution in [0.3, 0.4) is 0 Å². The first-order chi connectivity index (χ1) is 14.3. The lowest BCUT2D eigenvalue weighted by Gasteiger charge is -2.58. The highest BCUT2D eigenvalue weighted by Crippen LogP contribution is 2.59. The molecule has 0 amide bonds. The number of ether oxygens (including phenoxy) is 2. The fourth-order valence-electron chi connectivity index (χ4n) is 6.82. The van der Waals surface area contributed by atoms with Crippen molar-refractivity contribution in [3.8, 4) is 0 Å². The minimum atomic E-state index is -0.687. The third kappa shape index (κ3) is 4.09. The first-order valence-corrected chi connectivity index (χ1v) is 11.4. The van der Waals surface area contributed by atoms with Gasteiger partial charge in [-0.2, -0.15) is 0 Å². The van der Waals surface area contributed by atoms with E-state index in [9.17, 15) is 19.8 Å². The Morgan fingerprint density at radius 3 is 2.39 bits per heavy atom. The van der Waals surface area contributed by atoms with E-state index in [-0.39, 0.29) is 24.2 Å². The fourth-order valence-corrected chi connectivity index (χ4v) is 6.82. The summed E-state index contributed by atoms with van der Waals surface area (Å²) in [6.45, 7) is 15.5. The zero-order valence-electron chi connectivity index (χ0n) is 19.7. The Hall–Kier alpha value is -1.66. The highest BCUT2D eigenvalue weighted by Gasteiger charge is 2.60. The van der Waals surface area contributed by atoms with Gasteiger partial charge >= 0.3 is 11.9 Å². The predicted octanol–water partition coefficient (Wildman–Crippen LogP) is 3.70. The lowest BCUT2D eigenvalue weighted by atomic mass is 9.50. The monoisotopic (exact) mass is 434 g/mol. The van der Waals surface area contributed by atoms with Crippen molar-refractivity contribution in [2.24, 2.45) is 22.7 Å². The molecule has 0 aromatic carbocycles. The summed E-state index contributed by atoms with van der Waals surface area (Å²) in [5.41, 5.74) is 1.63. The molecule has 0 aliphatic heterocycles.